The summed E-state index contributed by atoms with van der Waals surface area (Å²) in [5, 5.41) is 14.0. The Labute approximate surface area is 274 Å². The number of aromatic nitrogens is 6. The molecule has 6 heterocycles. The predicted octanol–water partition coefficient (Wildman–Crippen LogP) is 3.37. The van der Waals surface area contributed by atoms with Crippen LogP contribution in [0.2, 0.25) is 0 Å². The van der Waals surface area contributed by atoms with Crippen molar-refractivity contribution < 1.29 is 18.4 Å². The van der Waals surface area contributed by atoms with E-state index in [0.717, 1.165) is 43.9 Å². The summed E-state index contributed by atoms with van der Waals surface area (Å²) in [7, 11) is 1.67. The minimum atomic E-state index is -2.54. The van der Waals surface area contributed by atoms with Gasteiger partial charge in [-0.2, -0.15) is 10.2 Å². The number of fused-ring (bicyclic) bond motifs is 1. The molecule has 1 unspecified atom stereocenters. The number of carbonyl (C=O) groups is 2. The van der Waals surface area contributed by atoms with Crippen LogP contribution in [0.3, 0.4) is 0 Å². The number of likely N-dealkylation sites (tertiary alicyclic amines) is 1. The highest BCUT2D eigenvalue weighted by Crippen LogP contribution is 2.32. The molecule has 2 amide bonds. The number of carbonyl (C=O) groups excluding carboxylic acids is 2. The number of halogens is 2. The van der Waals surface area contributed by atoms with Gasteiger partial charge in [-0.3, -0.25) is 33.8 Å². The SMILES string of the molecule is Cn1c(=O)n(C2CCC(=O)NC2=O)c2cccc(C#CCCN3CCC(n4cc(N5CC(C(F)F)=CC=C5c5cc[nH]n5)cn4)CC3)c21. The number of nitrogens with one attached hydrogen (secondary N) is 2. The second-order valence-corrected chi connectivity index (χ2v) is 12.3. The van der Waals surface area contributed by atoms with Gasteiger partial charge in [0, 0.05) is 57.5 Å². The fraction of sp³-hybridized carbons (Fsp3) is 0.382. The third-order valence-corrected chi connectivity index (χ3v) is 9.36. The van der Waals surface area contributed by atoms with Crippen LogP contribution in [0.4, 0.5) is 14.5 Å². The largest absolute Gasteiger partial charge is 0.333 e. The lowest BCUT2D eigenvalue weighted by Crippen LogP contribution is -2.44. The smallest absolute Gasteiger partial charge is 0.329 e. The predicted molar refractivity (Wildman–Crippen MR) is 175 cm³/mol. The molecule has 0 aliphatic carbocycles. The van der Waals surface area contributed by atoms with Gasteiger partial charge in [-0.15, -0.1) is 0 Å². The Morgan fingerprint density at radius 3 is 2.67 bits per heavy atom. The molecule has 1 aromatic carbocycles. The van der Waals surface area contributed by atoms with Gasteiger partial charge in [0.1, 0.15) is 11.7 Å². The highest BCUT2D eigenvalue weighted by atomic mass is 19.3. The molecule has 2 fully saturated rings. The van der Waals surface area contributed by atoms with Gasteiger partial charge in [0.15, 0.2) is 0 Å². The van der Waals surface area contributed by atoms with Crippen molar-refractivity contribution in [3.05, 3.63) is 82.3 Å². The molecule has 0 spiro atoms. The van der Waals surface area contributed by atoms with Crippen LogP contribution in [-0.4, -0.2) is 78.4 Å². The topological polar surface area (TPSA) is 126 Å². The zero-order valence-electron chi connectivity index (χ0n) is 26.4. The third-order valence-electron chi connectivity index (χ3n) is 9.36. The maximum Gasteiger partial charge on any atom is 0.329 e. The number of para-hydroxylation sites is 1. The zero-order valence-corrected chi connectivity index (χ0v) is 26.4. The summed E-state index contributed by atoms with van der Waals surface area (Å²) in [6, 6.07) is 6.77. The Morgan fingerprint density at radius 2 is 1.92 bits per heavy atom. The number of hydrogen-bond acceptors (Lipinski definition) is 7. The molecule has 3 aliphatic heterocycles. The Hall–Kier alpha value is -5.29. The number of imidazole rings is 1. The van der Waals surface area contributed by atoms with Crippen LogP contribution >= 0.6 is 0 Å². The molecule has 7 rings (SSSR count). The number of hydrogen-bond donors (Lipinski definition) is 2. The van der Waals surface area contributed by atoms with Gasteiger partial charge < -0.3 is 9.80 Å². The van der Waals surface area contributed by atoms with E-state index in [1.54, 1.807) is 31.6 Å². The summed E-state index contributed by atoms with van der Waals surface area (Å²) in [5.74, 6) is 5.71. The van der Waals surface area contributed by atoms with Crippen molar-refractivity contribution in [2.24, 2.45) is 7.05 Å². The van der Waals surface area contributed by atoms with Crippen molar-refractivity contribution in [3.8, 4) is 11.8 Å². The molecule has 1 atom stereocenters. The number of H-pyrrole nitrogens is 1. The summed E-state index contributed by atoms with van der Waals surface area (Å²) in [4.78, 5) is 41.6. The Balaban J connectivity index is 0.974. The summed E-state index contributed by atoms with van der Waals surface area (Å²) in [6.45, 7) is 2.62. The van der Waals surface area contributed by atoms with Crippen LogP contribution in [0, 0.1) is 11.8 Å². The van der Waals surface area contributed by atoms with Gasteiger partial charge in [0.25, 0.3) is 6.43 Å². The molecular formula is C34H35F2N9O3. The monoisotopic (exact) mass is 655 g/mol. The van der Waals surface area contributed by atoms with Crippen LogP contribution in [0.1, 0.15) is 55.4 Å². The molecule has 48 heavy (non-hydrogen) atoms. The van der Waals surface area contributed by atoms with Crippen molar-refractivity contribution in [3.63, 3.8) is 0 Å². The van der Waals surface area contributed by atoms with Crippen LogP contribution in [0.25, 0.3) is 16.7 Å². The second-order valence-electron chi connectivity index (χ2n) is 12.3. The summed E-state index contributed by atoms with van der Waals surface area (Å²) < 4.78 is 32.1. The van der Waals surface area contributed by atoms with Crippen LogP contribution in [0.15, 0.2) is 65.4 Å². The fourth-order valence-electron chi connectivity index (χ4n) is 6.81. The van der Waals surface area contributed by atoms with Crippen molar-refractivity contribution in [1.82, 2.24) is 39.3 Å². The highest BCUT2D eigenvalue weighted by molar-refractivity contribution is 6.00. The number of nitrogens with zero attached hydrogens (tertiary/aromatic N) is 7. The summed E-state index contributed by atoms with van der Waals surface area (Å²) in [5.41, 5.74) is 3.88. The second kappa shape index (κ2) is 13.1. The first-order valence-corrected chi connectivity index (χ1v) is 16.0. The minimum Gasteiger partial charge on any atom is -0.333 e. The number of aromatic amines is 1. The molecule has 3 aromatic heterocycles. The summed E-state index contributed by atoms with van der Waals surface area (Å²) >= 11 is 0. The lowest BCUT2D eigenvalue weighted by Gasteiger charge is -2.32. The van der Waals surface area contributed by atoms with Crippen molar-refractivity contribution in [1.29, 1.82) is 0 Å². The standard InChI is InChI=1S/C34H35F2N9O3/c1-41-31-22(6-4-7-28(31)45(34(41)48)29-10-11-30(46)39-33(29)47)5-2-3-16-42-17-13-24(14-18-42)44-21-25(19-38-44)43-20-23(32(35)36)8-9-27(43)26-12-15-37-40-26/h4,6-9,12,15,19,21,24,29,32H,3,10-11,13-14,16-18,20H2,1H3,(H,37,40)(H,39,46,47). The number of allylic oxidation sites excluding steroid dienone is 2. The van der Waals surface area contributed by atoms with E-state index in [0.29, 0.717) is 28.7 Å². The first-order valence-electron chi connectivity index (χ1n) is 16.0. The number of rotatable bonds is 7. The van der Waals surface area contributed by atoms with E-state index in [1.165, 1.54) is 15.2 Å². The fourth-order valence-corrected chi connectivity index (χ4v) is 6.81. The maximum absolute atomic E-state index is 13.6. The van der Waals surface area contributed by atoms with E-state index in [1.807, 2.05) is 34.0 Å². The van der Waals surface area contributed by atoms with Crippen LogP contribution < -0.4 is 15.9 Å². The van der Waals surface area contributed by atoms with Gasteiger partial charge in [0.2, 0.25) is 11.8 Å². The molecule has 3 aliphatic rings. The molecule has 248 valence electrons. The van der Waals surface area contributed by atoms with Gasteiger partial charge in [0.05, 0.1) is 46.8 Å². The maximum atomic E-state index is 13.6. The van der Waals surface area contributed by atoms with E-state index in [4.69, 9.17) is 0 Å². The minimum absolute atomic E-state index is 0.0461. The van der Waals surface area contributed by atoms with Crippen molar-refractivity contribution >= 4 is 34.2 Å². The number of benzene rings is 1. The number of piperidine rings is 2. The van der Waals surface area contributed by atoms with Crippen molar-refractivity contribution in [2.75, 3.05) is 31.1 Å². The Morgan fingerprint density at radius 1 is 1.08 bits per heavy atom. The van der Waals surface area contributed by atoms with Gasteiger partial charge in [-0.25, -0.2) is 13.6 Å². The zero-order chi connectivity index (χ0) is 33.4. The Kier molecular flexibility index (Phi) is 8.53. The normalized spacial score (nSPS) is 19.3. The molecule has 0 bridgehead atoms. The first-order chi connectivity index (χ1) is 23.3. The van der Waals surface area contributed by atoms with E-state index in [-0.39, 0.29) is 42.6 Å². The Bertz CT molecular complexity index is 2040. The average molecular weight is 656 g/mol. The lowest BCUT2D eigenvalue weighted by atomic mass is 10.0. The van der Waals surface area contributed by atoms with E-state index < -0.39 is 18.4 Å². The van der Waals surface area contributed by atoms with E-state index >= 15 is 0 Å². The molecule has 0 saturated carbocycles. The first kappa shape index (κ1) is 31.3. The number of alkyl halides is 2. The lowest BCUT2D eigenvalue weighted by molar-refractivity contribution is -0.135. The molecular weight excluding hydrogens is 620 g/mol. The number of aryl methyl sites for hydroxylation is 1. The number of amides is 2. The number of anilines is 1. The van der Waals surface area contributed by atoms with Gasteiger partial charge >= 0.3 is 5.69 Å². The van der Waals surface area contributed by atoms with E-state index in [2.05, 4.69) is 37.4 Å². The summed E-state index contributed by atoms with van der Waals surface area (Å²) in [6.07, 6.45) is 8.88. The number of imide groups is 1. The average Bonchev–Trinajstić information content (AvgIpc) is 3.85. The van der Waals surface area contributed by atoms with Crippen LogP contribution in [-0.2, 0) is 16.6 Å². The molecule has 2 N–H and O–H groups in total. The van der Waals surface area contributed by atoms with Crippen LogP contribution in [0.5, 0.6) is 0 Å². The molecule has 14 heteroatoms. The molecule has 0 radical (unpaired) electrons. The molecule has 2 saturated heterocycles. The van der Waals surface area contributed by atoms with Crippen molar-refractivity contribution in [2.45, 2.75) is 50.6 Å². The molecule has 4 aromatic rings. The van der Waals surface area contributed by atoms with E-state index in [9.17, 15) is 23.2 Å². The van der Waals surface area contributed by atoms with Gasteiger partial charge in [-0.05, 0) is 43.5 Å². The van der Waals surface area contributed by atoms with Gasteiger partial charge in [-0.1, -0.05) is 24.0 Å². The quantitative estimate of drug-likeness (QED) is 0.231. The molecule has 12 nitrogen and oxygen atoms in total. The highest BCUT2D eigenvalue weighted by Gasteiger charge is 2.32. The third kappa shape index (κ3) is 5.97.